The molecule has 0 saturated carbocycles. The minimum Gasteiger partial charge on any atom is -0.481 e. The Morgan fingerprint density at radius 2 is 0.608 bits per heavy atom. The summed E-state index contributed by atoms with van der Waals surface area (Å²) in [6, 6.07) is 0. The lowest BCUT2D eigenvalue weighted by atomic mass is 10.2. The summed E-state index contributed by atoms with van der Waals surface area (Å²) >= 11 is 5.11. The van der Waals surface area contributed by atoms with Gasteiger partial charge in [-0.15, -0.1) is 0 Å². The fourth-order valence-corrected chi connectivity index (χ4v) is 5.84. The van der Waals surface area contributed by atoms with E-state index in [0.717, 1.165) is 82.7 Å². The van der Waals surface area contributed by atoms with E-state index < -0.39 is 16.1 Å². The van der Waals surface area contributed by atoms with E-state index in [4.69, 9.17) is 29.6 Å². The quantitative estimate of drug-likeness (QED) is 0.0560. The molecule has 0 aromatic rings. The molecule has 4 N–H and O–H groups in total. The molecule has 74 heavy (non-hydrogen) atoms. The van der Waals surface area contributed by atoms with E-state index in [0.29, 0.717) is 29.3 Å². The van der Waals surface area contributed by atoms with Crippen molar-refractivity contribution in [2.24, 2.45) is 23.5 Å². The molecule has 0 spiro atoms. The van der Waals surface area contributed by atoms with E-state index in [9.17, 15) is 13.2 Å². The van der Waals surface area contributed by atoms with Crippen LogP contribution < -0.4 is 5.73 Å². The maximum Gasteiger partial charge on any atom is 0.304 e. The number of carbonyl (C=O) groups is 1. The molecule has 0 heterocycles. The molecule has 0 unspecified atom stereocenters. The summed E-state index contributed by atoms with van der Waals surface area (Å²) in [4.78, 5) is 10.2. The molecule has 0 radical (unpaired) electrons. The molecule has 0 bridgehead atoms. The summed E-state index contributed by atoms with van der Waals surface area (Å²) < 4.78 is 45.4. The highest BCUT2D eigenvalue weighted by Gasteiger charge is 2.03. The van der Waals surface area contributed by atoms with Crippen LogP contribution in [-0.4, -0.2) is 111 Å². The van der Waals surface area contributed by atoms with Gasteiger partial charge in [0.1, 0.15) is 0 Å². The predicted octanol–water partition coefficient (Wildman–Crippen LogP) is 21.2. The molecule has 0 aromatic heterocycles. The number of thioether (sulfide) groups is 3. The van der Waals surface area contributed by atoms with Crippen LogP contribution in [0.15, 0.2) is 0 Å². The van der Waals surface area contributed by atoms with E-state index in [1.807, 2.05) is 11.8 Å². The normalized spacial score (nSPS) is 8.99. The monoisotopic (exact) mass is 1150 g/mol. The maximum atomic E-state index is 10.4. The van der Waals surface area contributed by atoms with Gasteiger partial charge in [-0.3, -0.25) is 9.35 Å². The summed E-state index contributed by atoms with van der Waals surface area (Å²) in [5, 5.41) is 8.38. The number of aliphatic carboxylic acids is 1. The Bertz CT molecular complexity index is 775. The summed E-state index contributed by atoms with van der Waals surface area (Å²) in [6.07, 6.45) is 17.1. The molecule has 0 saturated heterocycles. The van der Waals surface area contributed by atoms with Crippen molar-refractivity contribution >= 4 is 51.4 Å². The molecule has 9 nitrogen and oxygen atoms in total. The molecule has 0 fully saturated rings. The van der Waals surface area contributed by atoms with Crippen LogP contribution in [0.3, 0.4) is 0 Å². The standard InChI is InChI=1S/C10H20O3S.C9H21NOS.C9H20O4S2.11C3H8/c1-9(2)8-13-5-3-6-14-7-4-10(11)12;1-9(2)8-11-5-3-6-12-7-4-10;1-9(2)8-13-4-3-5-14-6-7-15(10,11)12;11*1-3-2/h9H,3-8H2,1-2H3,(H,11,12);9H,3-8,10H2,1-2H3;9H,3-8H2,1-2H3,(H,10,11,12);11*3H2,1-2H3. The highest BCUT2D eigenvalue weighted by molar-refractivity contribution is 8.00. The van der Waals surface area contributed by atoms with E-state index in [1.54, 1.807) is 11.8 Å². The Morgan fingerprint density at radius 1 is 0.405 bits per heavy atom. The van der Waals surface area contributed by atoms with E-state index in [2.05, 4.69) is 194 Å². The van der Waals surface area contributed by atoms with Crippen LogP contribution in [0.2, 0.25) is 0 Å². The van der Waals surface area contributed by atoms with Crippen molar-refractivity contribution in [1.82, 2.24) is 0 Å². The molecule has 0 aromatic carbocycles. The summed E-state index contributed by atoms with van der Waals surface area (Å²) in [5.41, 5.74) is 5.36. The number of hydrogen-bond donors (Lipinski definition) is 3. The Balaban J connectivity index is -0.0000000471. The van der Waals surface area contributed by atoms with E-state index in [-0.39, 0.29) is 12.2 Å². The van der Waals surface area contributed by atoms with Gasteiger partial charge in [-0.2, -0.15) is 43.7 Å². The summed E-state index contributed by atoms with van der Waals surface area (Å²) in [7, 11) is -3.78. The molecule has 0 aliphatic rings. The number of carboxylic acid groups (broad SMARTS) is 1. The lowest BCUT2D eigenvalue weighted by molar-refractivity contribution is -0.136. The molecule has 0 aliphatic heterocycles. The second-order valence-electron chi connectivity index (χ2n) is 18.3. The molecule has 13 heteroatoms. The third kappa shape index (κ3) is 353. The first-order chi connectivity index (χ1) is 34.9. The second kappa shape index (κ2) is 135. The number of nitrogens with two attached hydrogens (primary N) is 1. The van der Waals surface area contributed by atoms with Crippen LogP contribution in [0.25, 0.3) is 0 Å². The Hall–Kier alpha value is 0.270. The van der Waals surface area contributed by atoms with E-state index >= 15 is 0 Å². The van der Waals surface area contributed by atoms with Gasteiger partial charge in [0.15, 0.2) is 0 Å². The number of ether oxygens (including phenoxy) is 3. The lowest BCUT2D eigenvalue weighted by Crippen LogP contribution is -2.07. The van der Waals surface area contributed by atoms with Gasteiger partial charge in [-0.05, 0) is 54.3 Å². The highest BCUT2D eigenvalue weighted by Crippen LogP contribution is 2.06. The highest BCUT2D eigenvalue weighted by atomic mass is 32.2. The molecule has 0 aliphatic carbocycles. The van der Waals surface area contributed by atoms with Gasteiger partial charge < -0.3 is 25.1 Å². The molecular formula is C61H149NO8S4. The summed E-state index contributed by atoms with van der Waals surface area (Å²) in [5.74, 6) is 6.19. The van der Waals surface area contributed by atoms with Gasteiger partial charge in [0.25, 0.3) is 10.1 Å². The number of hydrogen-bond acceptors (Lipinski definition) is 10. The van der Waals surface area contributed by atoms with Crippen molar-refractivity contribution < 1.29 is 37.1 Å². The molecule has 0 atom stereocenters. The first-order valence-corrected chi connectivity index (χ1v) is 35.3. The second-order valence-corrected chi connectivity index (χ2v) is 23.5. The van der Waals surface area contributed by atoms with Crippen LogP contribution in [0, 0.1) is 17.8 Å². The predicted molar refractivity (Wildman–Crippen MR) is 356 cm³/mol. The third-order valence-electron chi connectivity index (χ3n) is 4.29. The van der Waals surface area contributed by atoms with E-state index in [1.165, 1.54) is 88.1 Å². The molecule has 0 rings (SSSR count). The van der Waals surface area contributed by atoms with Gasteiger partial charge in [0.05, 0.1) is 12.2 Å². The van der Waals surface area contributed by atoms with Crippen molar-refractivity contribution in [1.29, 1.82) is 0 Å². The van der Waals surface area contributed by atoms with Crippen LogP contribution in [0.5, 0.6) is 0 Å². The SMILES string of the molecule is CC(C)COCCCSCCC(=O)O.CC(C)COCCCSCCN.CC(C)COCCCSCCS(=O)(=O)O.CCC.CCC.CCC.CCC.CCC.CCC.CCC.CCC.CCC.CCC.CCC. The Kier molecular flexibility index (Phi) is 200. The summed E-state index contributed by atoms with van der Waals surface area (Å²) in [6.45, 7) is 65.2. The van der Waals surface area contributed by atoms with Crippen molar-refractivity contribution in [3.63, 3.8) is 0 Å². The van der Waals surface area contributed by atoms with Crippen LogP contribution >= 0.6 is 35.3 Å². The average Bonchev–Trinajstić information content (AvgIpc) is 3.28. The number of rotatable bonds is 26. The van der Waals surface area contributed by atoms with Crippen molar-refractivity contribution in [2.75, 3.05) is 86.5 Å². The largest absolute Gasteiger partial charge is 0.481 e. The van der Waals surface area contributed by atoms with Crippen LogP contribution in [0.1, 0.15) is 290 Å². The number of carboxylic acids is 1. The van der Waals surface area contributed by atoms with Gasteiger partial charge in [0, 0.05) is 63.4 Å². The third-order valence-corrected chi connectivity index (χ3v) is 8.51. The van der Waals surface area contributed by atoms with Gasteiger partial charge in [-0.1, -0.05) is 264 Å². The fourth-order valence-electron chi connectivity index (χ4n) is 2.46. The molecule has 0 amide bonds. The topological polar surface area (TPSA) is 145 Å². The first-order valence-electron chi connectivity index (χ1n) is 30.2. The van der Waals surface area contributed by atoms with Gasteiger partial charge in [-0.25, -0.2) is 0 Å². The van der Waals surface area contributed by atoms with Crippen LogP contribution in [-0.2, 0) is 29.1 Å². The zero-order valence-corrected chi connectivity index (χ0v) is 59.6. The minimum absolute atomic E-state index is 0.162. The lowest BCUT2D eigenvalue weighted by Gasteiger charge is -2.06. The van der Waals surface area contributed by atoms with Crippen molar-refractivity contribution in [2.45, 2.75) is 290 Å². The average molecular weight is 1150 g/mol. The first kappa shape index (κ1) is 110. The van der Waals surface area contributed by atoms with Crippen molar-refractivity contribution in [3.8, 4) is 0 Å². The van der Waals surface area contributed by atoms with Crippen LogP contribution in [0.4, 0.5) is 0 Å². The Morgan fingerprint density at radius 3 is 0.784 bits per heavy atom. The zero-order chi connectivity index (χ0) is 61.6. The zero-order valence-electron chi connectivity index (χ0n) is 56.3. The minimum atomic E-state index is -3.78. The molecular weight excluding hydrogens is 1000 g/mol. The van der Waals surface area contributed by atoms with Gasteiger partial charge in [0.2, 0.25) is 0 Å². The van der Waals surface area contributed by atoms with Gasteiger partial charge >= 0.3 is 5.97 Å². The fraction of sp³-hybridized carbons (Fsp3) is 0.984. The smallest absolute Gasteiger partial charge is 0.304 e. The van der Waals surface area contributed by atoms with Crippen molar-refractivity contribution in [3.05, 3.63) is 0 Å². The Labute approximate surface area is 485 Å². The maximum absolute atomic E-state index is 10.4. The molecule has 470 valence electrons.